The van der Waals surface area contributed by atoms with Gasteiger partial charge in [-0.25, -0.2) is 0 Å². The van der Waals surface area contributed by atoms with Crippen LogP contribution in [-0.4, -0.2) is 29.9 Å². The smallest absolute Gasteiger partial charge is 0.268 e. The zero-order valence-corrected chi connectivity index (χ0v) is 14.4. The standard InChI is InChI=1S/C20H21N3O2/c1-23(2)13-16-9-4-3-8-15(16)12-21-20(25)18-11-14-7-5-6-10-17(14)19(24)22-18/h3-11H,12-13H2,1-2H3,(H,21,25)(H,22,24). The first-order valence-electron chi connectivity index (χ1n) is 8.16. The van der Waals surface area contributed by atoms with E-state index in [1.54, 1.807) is 18.2 Å². The van der Waals surface area contributed by atoms with Crippen molar-refractivity contribution in [3.63, 3.8) is 0 Å². The molecule has 2 N–H and O–H groups in total. The van der Waals surface area contributed by atoms with Crippen molar-refractivity contribution in [2.75, 3.05) is 14.1 Å². The van der Waals surface area contributed by atoms with Crippen LogP contribution in [0, 0.1) is 0 Å². The maximum Gasteiger partial charge on any atom is 0.268 e. The van der Waals surface area contributed by atoms with Crippen molar-refractivity contribution in [1.82, 2.24) is 15.2 Å². The first-order chi connectivity index (χ1) is 12.0. The number of aromatic amines is 1. The molecule has 1 heterocycles. The van der Waals surface area contributed by atoms with E-state index >= 15 is 0 Å². The molecule has 0 unspecified atom stereocenters. The van der Waals surface area contributed by atoms with Crippen molar-refractivity contribution in [1.29, 1.82) is 0 Å². The molecule has 0 radical (unpaired) electrons. The van der Waals surface area contributed by atoms with Crippen molar-refractivity contribution in [3.8, 4) is 0 Å². The number of amides is 1. The van der Waals surface area contributed by atoms with Crippen LogP contribution in [0.4, 0.5) is 0 Å². The van der Waals surface area contributed by atoms with E-state index in [0.717, 1.165) is 17.5 Å². The summed E-state index contributed by atoms with van der Waals surface area (Å²) < 4.78 is 0. The normalized spacial score (nSPS) is 11.0. The van der Waals surface area contributed by atoms with Crippen LogP contribution < -0.4 is 10.9 Å². The number of nitrogens with one attached hydrogen (secondary N) is 2. The molecule has 3 rings (SSSR count). The minimum Gasteiger partial charge on any atom is -0.347 e. The molecule has 0 bridgehead atoms. The average molecular weight is 335 g/mol. The molecule has 1 aromatic heterocycles. The van der Waals surface area contributed by atoms with Gasteiger partial charge in [-0.2, -0.15) is 0 Å². The van der Waals surface area contributed by atoms with Crippen molar-refractivity contribution in [2.24, 2.45) is 0 Å². The molecular formula is C20H21N3O2. The number of aromatic nitrogens is 1. The summed E-state index contributed by atoms with van der Waals surface area (Å²) in [5.74, 6) is -0.289. The minimum absolute atomic E-state index is 0.253. The Hall–Kier alpha value is -2.92. The third-order valence-electron chi connectivity index (χ3n) is 4.04. The van der Waals surface area contributed by atoms with Gasteiger partial charge in [-0.3, -0.25) is 9.59 Å². The maximum absolute atomic E-state index is 12.5. The van der Waals surface area contributed by atoms with Crippen LogP contribution in [0.15, 0.2) is 59.4 Å². The number of benzene rings is 2. The molecule has 0 saturated carbocycles. The van der Waals surface area contributed by atoms with Crippen LogP contribution in [0.1, 0.15) is 21.6 Å². The summed E-state index contributed by atoms with van der Waals surface area (Å²) in [6, 6.07) is 16.9. The van der Waals surface area contributed by atoms with E-state index in [9.17, 15) is 9.59 Å². The molecule has 5 heteroatoms. The lowest BCUT2D eigenvalue weighted by Gasteiger charge is -2.14. The van der Waals surface area contributed by atoms with Crippen LogP contribution in [0.25, 0.3) is 10.8 Å². The van der Waals surface area contributed by atoms with Crippen molar-refractivity contribution < 1.29 is 4.79 Å². The second kappa shape index (κ2) is 7.32. The fraction of sp³-hybridized carbons (Fsp3) is 0.200. The van der Waals surface area contributed by atoms with Gasteiger partial charge in [-0.05, 0) is 42.7 Å². The molecular weight excluding hydrogens is 314 g/mol. The Morgan fingerprint density at radius 3 is 2.48 bits per heavy atom. The molecule has 0 aliphatic rings. The predicted molar refractivity (Wildman–Crippen MR) is 99.6 cm³/mol. The van der Waals surface area contributed by atoms with Gasteiger partial charge in [0.1, 0.15) is 5.69 Å². The molecule has 2 aromatic carbocycles. The number of hydrogen-bond donors (Lipinski definition) is 2. The van der Waals surface area contributed by atoms with E-state index in [4.69, 9.17) is 0 Å². The van der Waals surface area contributed by atoms with Crippen LogP contribution >= 0.6 is 0 Å². The van der Waals surface area contributed by atoms with Gasteiger partial charge in [-0.15, -0.1) is 0 Å². The number of nitrogens with zero attached hydrogens (tertiary/aromatic N) is 1. The van der Waals surface area contributed by atoms with E-state index in [1.807, 2.05) is 44.4 Å². The van der Waals surface area contributed by atoms with Crippen molar-refractivity contribution >= 4 is 16.7 Å². The first kappa shape index (κ1) is 16.9. The van der Waals surface area contributed by atoms with Crippen LogP contribution in [0.2, 0.25) is 0 Å². The van der Waals surface area contributed by atoms with Gasteiger partial charge >= 0.3 is 0 Å². The van der Waals surface area contributed by atoms with Gasteiger partial charge in [0.2, 0.25) is 0 Å². The molecule has 25 heavy (non-hydrogen) atoms. The molecule has 0 aliphatic carbocycles. The highest BCUT2D eigenvalue weighted by Gasteiger charge is 2.10. The van der Waals surface area contributed by atoms with E-state index in [1.165, 1.54) is 5.56 Å². The summed E-state index contributed by atoms with van der Waals surface area (Å²) in [6.45, 7) is 1.22. The van der Waals surface area contributed by atoms with Gasteiger partial charge in [0.15, 0.2) is 0 Å². The summed E-state index contributed by atoms with van der Waals surface area (Å²) in [6.07, 6.45) is 0. The molecule has 3 aromatic rings. The van der Waals surface area contributed by atoms with Gasteiger partial charge in [0, 0.05) is 18.5 Å². The number of carbonyl (C=O) groups excluding carboxylic acids is 1. The van der Waals surface area contributed by atoms with Gasteiger partial charge in [0.25, 0.3) is 11.5 Å². The molecule has 0 saturated heterocycles. The Kier molecular flexibility index (Phi) is 4.95. The fourth-order valence-corrected chi connectivity index (χ4v) is 2.83. The molecule has 0 aliphatic heterocycles. The van der Waals surface area contributed by atoms with Crippen LogP contribution in [-0.2, 0) is 13.1 Å². The largest absolute Gasteiger partial charge is 0.347 e. The number of carbonyl (C=O) groups is 1. The Morgan fingerprint density at radius 1 is 1.04 bits per heavy atom. The summed E-state index contributed by atoms with van der Waals surface area (Å²) in [4.78, 5) is 29.3. The molecule has 128 valence electrons. The minimum atomic E-state index is -0.289. The second-order valence-electron chi connectivity index (χ2n) is 6.29. The zero-order valence-electron chi connectivity index (χ0n) is 14.4. The highest BCUT2D eigenvalue weighted by Crippen LogP contribution is 2.12. The topological polar surface area (TPSA) is 65.2 Å². The fourth-order valence-electron chi connectivity index (χ4n) is 2.83. The SMILES string of the molecule is CN(C)Cc1ccccc1CNC(=O)c1cc2ccccc2c(=O)[nH]1. The monoisotopic (exact) mass is 335 g/mol. The summed E-state index contributed by atoms with van der Waals surface area (Å²) >= 11 is 0. The number of fused-ring (bicyclic) bond motifs is 1. The average Bonchev–Trinajstić information content (AvgIpc) is 2.60. The summed E-state index contributed by atoms with van der Waals surface area (Å²) in [5, 5.41) is 4.23. The van der Waals surface area contributed by atoms with Gasteiger partial charge < -0.3 is 15.2 Å². The highest BCUT2D eigenvalue weighted by atomic mass is 16.2. The second-order valence-corrected chi connectivity index (χ2v) is 6.29. The Morgan fingerprint density at radius 2 is 1.72 bits per heavy atom. The van der Waals surface area contributed by atoms with Crippen LogP contribution in [0.5, 0.6) is 0 Å². The lowest BCUT2D eigenvalue weighted by molar-refractivity contribution is 0.0945. The summed E-state index contributed by atoms with van der Waals surface area (Å²) in [5.41, 5.74) is 2.25. The van der Waals surface area contributed by atoms with Crippen LogP contribution in [0.3, 0.4) is 0 Å². The number of pyridine rings is 1. The van der Waals surface area contributed by atoms with Gasteiger partial charge in [0.05, 0.1) is 0 Å². The summed E-state index contributed by atoms with van der Waals surface area (Å²) in [7, 11) is 4.02. The molecule has 0 fully saturated rings. The predicted octanol–water partition coefficient (Wildman–Crippen LogP) is 2.52. The lowest BCUT2D eigenvalue weighted by atomic mass is 10.1. The quantitative estimate of drug-likeness (QED) is 0.753. The van der Waals surface area contributed by atoms with E-state index < -0.39 is 0 Å². The number of hydrogen-bond acceptors (Lipinski definition) is 3. The third-order valence-corrected chi connectivity index (χ3v) is 4.04. The first-order valence-corrected chi connectivity index (χ1v) is 8.16. The number of H-pyrrole nitrogens is 1. The van der Waals surface area contributed by atoms with E-state index in [2.05, 4.69) is 21.3 Å². The maximum atomic E-state index is 12.5. The third kappa shape index (κ3) is 3.95. The van der Waals surface area contributed by atoms with Crippen molar-refractivity contribution in [2.45, 2.75) is 13.1 Å². The van der Waals surface area contributed by atoms with E-state index in [0.29, 0.717) is 11.9 Å². The molecule has 5 nitrogen and oxygen atoms in total. The Labute approximate surface area is 146 Å². The highest BCUT2D eigenvalue weighted by molar-refractivity contribution is 5.96. The molecule has 0 atom stereocenters. The van der Waals surface area contributed by atoms with Gasteiger partial charge in [-0.1, -0.05) is 42.5 Å². The Balaban J connectivity index is 1.79. The zero-order chi connectivity index (χ0) is 17.8. The Bertz CT molecular complexity index is 960. The molecule has 0 spiro atoms. The molecule has 1 amide bonds. The number of rotatable bonds is 5. The lowest BCUT2D eigenvalue weighted by Crippen LogP contribution is -2.27. The van der Waals surface area contributed by atoms with Crippen molar-refractivity contribution in [3.05, 3.63) is 81.8 Å². The van der Waals surface area contributed by atoms with E-state index in [-0.39, 0.29) is 17.2 Å².